The maximum atomic E-state index is 12.0. The Balaban J connectivity index is 2.16. The zero-order chi connectivity index (χ0) is 15.5. The van der Waals surface area contributed by atoms with Crippen LogP contribution in [0.1, 0.15) is 10.5 Å². The molecule has 2 rings (SSSR count). The summed E-state index contributed by atoms with van der Waals surface area (Å²) in [5.74, 6) is -1.54. The first-order chi connectivity index (χ1) is 9.85. The Bertz CT molecular complexity index is 641. The number of carboxylic acids is 1. The number of hydrogen-bond donors (Lipinski definition) is 1. The standard InChI is InChI=1S/C13H8F3NO4/c14-13(15,16)21-9-5-3-8(4-6-9)20-10-2-1-7-17-11(10)12(18)19/h1-7H,(H,18,19). The number of alkyl halides is 3. The number of carbonyl (C=O) groups is 1. The van der Waals surface area contributed by atoms with Gasteiger partial charge in [0.1, 0.15) is 11.5 Å². The van der Waals surface area contributed by atoms with Crippen LogP contribution in [-0.4, -0.2) is 22.4 Å². The molecule has 110 valence electrons. The van der Waals surface area contributed by atoms with Gasteiger partial charge in [0.05, 0.1) is 0 Å². The van der Waals surface area contributed by atoms with Crippen LogP contribution in [0.15, 0.2) is 42.6 Å². The van der Waals surface area contributed by atoms with Gasteiger partial charge >= 0.3 is 12.3 Å². The summed E-state index contributed by atoms with van der Waals surface area (Å²) < 4.78 is 45.0. The highest BCUT2D eigenvalue weighted by molar-refractivity contribution is 5.88. The lowest BCUT2D eigenvalue weighted by atomic mass is 10.3. The molecule has 0 atom stereocenters. The fourth-order valence-electron chi connectivity index (χ4n) is 1.47. The van der Waals surface area contributed by atoms with Crippen LogP contribution >= 0.6 is 0 Å². The lowest BCUT2D eigenvalue weighted by Crippen LogP contribution is -2.16. The highest BCUT2D eigenvalue weighted by atomic mass is 19.4. The molecule has 1 heterocycles. The number of aromatic nitrogens is 1. The Hall–Kier alpha value is -2.77. The van der Waals surface area contributed by atoms with Gasteiger partial charge in [-0.15, -0.1) is 13.2 Å². The monoisotopic (exact) mass is 299 g/mol. The summed E-state index contributed by atoms with van der Waals surface area (Å²) in [4.78, 5) is 14.6. The van der Waals surface area contributed by atoms with E-state index in [1.54, 1.807) is 0 Å². The number of rotatable bonds is 4. The average Bonchev–Trinajstić information content (AvgIpc) is 2.40. The molecule has 0 saturated heterocycles. The molecule has 21 heavy (non-hydrogen) atoms. The minimum atomic E-state index is -4.78. The van der Waals surface area contributed by atoms with E-state index in [0.717, 1.165) is 12.1 Å². The predicted octanol–water partition coefficient (Wildman–Crippen LogP) is 3.47. The van der Waals surface area contributed by atoms with E-state index >= 15 is 0 Å². The number of aromatic carboxylic acids is 1. The molecule has 0 unspecified atom stereocenters. The van der Waals surface area contributed by atoms with Crippen molar-refractivity contribution < 1.29 is 32.5 Å². The Labute approximate surface area is 116 Å². The minimum Gasteiger partial charge on any atom is -0.476 e. The number of nitrogens with zero attached hydrogens (tertiary/aromatic N) is 1. The van der Waals surface area contributed by atoms with Crippen LogP contribution in [0, 0.1) is 0 Å². The SMILES string of the molecule is O=C(O)c1ncccc1Oc1ccc(OC(F)(F)F)cc1. The highest BCUT2D eigenvalue weighted by Gasteiger charge is 2.31. The summed E-state index contributed by atoms with van der Waals surface area (Å²) in [6, 6.07) is 7.41. The van der Waals surface area contributed by atoms with Crippen LogP contribution in [-0.2, 0) is 0 Å². The van der Waals surface area contributed by atoms with Gasteiger partial charge in [0.2, 0.25) is 0 Å². The highest BCUT2D eigenvalue weighted by Crippen LogP contribution is 2.28. The molecule has 5 nitrogen and oxygen atoms in total. The van der Waals surface area contributed by atoms with Gasteiger partial charge in [-0.1, -0.05) is 0 Å². The molecule has 0 aliphatic rings. The largest absolute Gasteiger partial charge is 0.573 e. The number of ether oxygens (including phenoxy) is 2. The fourth-order valence-corrected chi connectivity index (χ4v) is 1.47. The van der Waals surface area contributed by atoms with E-state index in [4.69, 9.17) is 9.84 Å². The van der Waals surface area contributed by atoms with Crippen LogP contribution in [0.5, 0.6) is 17.2 Å². The number of hydrogen-bond acceptors (Lipinski definition) is 4. The van der Waals surface area contributed by atoms with Crippen molar-refractivity contribution in [2.75, 3.05) is 0 Å². The van der Waals surface area contributed by atoms with E-state index in [0.29, 0.717) is 0 Å². The number of carboxylic acid groups (broad SMARTS) is 1. The smallest absolute Gasteiger partial charge is 0.476 e. The first kappa shape index (κ1) is 14.6. The van der Waals surface area contributed by atoms with Crippen molar-refractivity contribution in [3.05, 3.63) is 48.3 Å². The Kier molecular flexibility index (Phi) is 3.97. The maximum Gasteiger partial charge on any atom is 0.573 e. The van der Waals surface area contributed by atoms with Crippen LogP contribution in [0.3, 0.4) is 0 Å². The van der Waals surface area contributed by atoms with E-state index in [1.807, 2.05) is 0 Å². The van der Waals surface area contributed by atoms with Crippen molar-refractivity contribution in [3.8, 4) is 17.2 Å². The molecule has 2 aromatic rings. The van der Waals surface area contributed by atoms with Gasteiger partial charge in [-0.3, -0.25) is 0 Å². The van der Waals surface area contributed by atoms with Gasteiger partial charge in [0, 0.05) is 6.20 Å². The third-order valence-electron chi connectivity index (χ3n) is 2.26. The zero-order valence-corrected chi connectivity index (χ0v) is 10.3. The van der Waals surface area contributed by atoms with Gasteiger partial charge < -0.3 is 14.6 Å². The first-order valence-electron chi connectivity index (χ1n) is 5.57. The third-order valence-corrected chi connectivity index (χ3v) is 2.26. The van der Waals surface area contributed by atoms with E-state index in [1.165, 1.54) is 30.5 Å². The van der Waals surface area contributed by atoms with Crippen LogP contribution in [0.25, 0.3) is 0 Å². The molecule has 1 aromatic carbocycles. The maximum absolute atomic E-state index is 12.0. The van der Waals surface area contributed by atoms with Crippen LogP contribution in [0.4, 0.5) is 13.2 Å². The molecule has 0 aliphatic heterocycles. The number of halogens is 3. The normalized spacial score (nSPS) is 11.0. The molecule has 1 aromatic heterocycles. The van der Waals surface area contributed by atoms with Crippen molar-refractivity contribution in [1.29, 1.82) is 0 Å². The molecule has 1 N–H and O–H groups in total. The molecule has 0 fully saturated rings. The Morgan fingerprint density at radius 3 is 2.29 bits per heavy atom. The summed E-state index contributed by atoms with van der Waals surface area (Å²) in [7, 11) is 0. The minimum absolute atomic E-state index is 0.0190. The van der Waals surface area contributed by atoms with Crippen molar-refractivity contribution >= 4 is 5.97 Å². The lowest BCUT2D eigenvalue weighted by molar-refractivity contribution is -0.274. The van der Waals surface area contributed by atoms with Crippen molar-refractivity contribution in [2.24, 2.45) is 0 Å². The molecular weight excluding hydrogens is 291 g/mol. The molecular formula is C13H8F3NO4. The summed E-state index contributed by atoms with van der Waals surface area (Å²) in [6.07, 6.45) is -3.49. The third kappa shape index (κ3) is 4.10. The van der Waals surface area contributed by atoms with Crippen LogP contribution < -0.4 is 9.47 Å². The van der Waals surface area contributed by atoms with Crippen LogP contribution in [0.2, 0.25) is 0 Å². The summed E-state index contributed by atoms with van der Waals surface area (Å²) in [6.45, 7) is 0. The van der Waals surface area contributed by atoms with Gasteiger partial charge in [0.25, 0.3) is 0 Å². The van der Waals surface area contributed by atoms with Gasteiger partial charge in [-0.05, 0) is 36.4 Å². The van der Waals surface area contributed by atoms with E-state index < -0.39 is 18.1 Å². The second-order valence-corrected chi connectivity index (χ2v) is 3.78. The molecule has 0 bridgehead atoms. The lowest BCUT2D eigenvalue weighted by Gasteiger charge is -2.10. The fraction of sp³-hybridized carbons (Fsp3) is 0.0769. The summed E-state index contributed by atoms with van der Waals surface area (Å²) in [5, 5.41) is 8.93. The van der Waals surface area contributed by atoms with E-state index in [-0.39, 0.29) is 17.2 Å². The topological polar surface area (TPSA) is 68.7 Å². The van der Waals surface area contributed by atoms with Crippen molar-refractivity contribution in [1.82, 2.24) is 4.98 Å². The molecule has 0 radical (unpaired) electrons. The molecule has 0 spiro atoms. The van der Waals surface area contributed by atoms with Gasteiger partial charge in [0.15, 0.2) is 11.4 Å². The van der Waals surface area contributed by atoms with E-state index in [9.17, 15) is 18.0 Å². The molecule has 0 amide bonds. The number of pyridine rings is 1. The average molecular weight is 299 g/mol. The number of benzene rings is 1. The predicted molar refractivity (Wildman–Crippen MR) is 64.4 cm³/mol. The second-order valence-electron chi connectivity index (χ2n) is 3.78. The summed E-state index contributed by atoms with van der Waals surface area (Å²) in [5.41, 5.74) is -0.298. The Morgan fingerprint density at radius 1 is 1.10 bits per heavy atom. The molecule has 0 saturated carbocycles. The first-order valence-corrected chi connectivity index (χ1v) is 5.57. The van der Waals surface area contributed by atoms with Crippen molar-refractivity contribution in [3.63, 3.8) is 0 Å². The second kappa shape index (κ2) is 5.70. The van der Waals surface area contributed by atoms with Gasteiger partial charge in [-0.25, -0.2) is 9.78 Å². The van der Waals surface area contributed by atoms with Gasteiger partial charge in [-0.2, -0.15) is 0 Å². The summed E-state index contributed by atoms with van der Waals surface area (Å²) >= 11 is 0. The van der Waals surface area contributed by atoms with Crippen molar-refractivity contribution in [2.45, 2.75) is 6.36 Å². The zero-order valence-electron chi connectivity index (χ0n) is 10.3. The molecule has 8 heteroatoms. The Morgan fingerprint density at radius 2 is 1.71 bits per heavy atom. The van der Waals surface area contributed by atoms with E-state index in [2.05, 4.69) is 9.72 Å². The molecule has 0 aliphatic carbocycles. The quantitative estimate of drug-likeness (QED) is 0.936.